The average molecular weight is 481 g/mol. The molecular formula is C27H19N3O6. The molecule has 0 atom stereocenters. The Morgan fingerprint density at radius 1 is 1.03 bits per heavy atom. The maximum absolute atomic E-state index is 12.5. The van der Waals surface area contributed by atoms with Gasteiger partial charge in [0.1, 0.15) is 22.8 Å². The number of hydrogen-bond donors (Lipinski definition) is 1. The number of rotatable bonds is 7. The van der Waals surface area contributed by atoms with Crippen LogP contribution in [0.2, 0.25) is 0 Å². The highest BCUT2D eigenvalue weighted by Gasteiger charge is 2.17. The van der Waals surface area contributed by atoms with Crippen molar-refractivity contribution in [2.45, 2.75) is 0 Å². The van der Waals surface area contributed by atoms with Gasteiger partial charge in [0.2, 0.25) is 11.8 Å². The third kappa shape index (κ3) is 4.71. The molecule has 5 aromatic rings. The number of ether oxygens (including phenoxy) is 1. The number of nitro benzene ring substituents is 1. The van der Waals surface area contributed by atoms with Crippen LogP contribution in [0, 0.1) is 10.1 Å². The van der Waals surface area contributed by atoms with Gasteiger partial charge in [-0.15, -0.1) is 0 Å². The Bertz CT molecular complexity index is 1610. The van der Waals surface area contributed by atoms with E-state index >= 15 is 0 Å². The molecule has 9 heteroatoms. The molecule has 1 N–H and O–H groups in total. The molecule has 0 aliphatic carbocycles. The molecule has 0 bridgehead atoms. The number of carbonyl (C=O) groups is 1. The van der Waals surface area contributed by atoms with Crippen LogP contribution in [0.1, 0.15) is 5.76 Å². The van der Waals surface area contributed by atoms with Gasteiger partial charge >= 0.3 is 0 Å². The van der Waals surface area contributed by atoms with E-state index in [0.717, 1.165) is 5.56 Å². The number of fused-ring (bicyclic) bond motifs is 1. The highest BCUT2D eigenvalue weighted by molar-refractivity contribution is 6.02. The van der Waals surface area contributed by atoms with Gasteiger partial charge in [-0.1, -0.05) is 18.2 Å². The molecule has 0 unspecified atom stereocenters. The lowest BCUT2D eigenvalue weighted by Crippen LogP contribution is -2.07. The quantitative estimate of drug-likeness (QED) is 0.164. The molecule has 0 fully saturated rings. The fraction of sp³-hybridized carbons (Fsp3) is 0.0370. The highest BCUT2D eigenvalue weighted by Crippen LogP contribution is 2.31. The van der Waals surface area contributed by atoms with Gasteiger partial charge in [-0.2, -0.15) is 0 Å². The largest absolute Gasteiger partial charge is 0.497 e. The van der Waals surface area contributed by atoms with Crippen molar-refractivity contribution in [1.82, 2.24) is 4.98 Å². The van der Waals surface area contributed by atoms with Crippen molar-refractivity contribution in [3.05, 3.63) is 101 Å². The minimum atomic E-state index is -0.466. The third-order valence-corrected chi connectivity index (χ3v) is 5.36. The van der Waals surface area contributed by atoms with Gasteiger partial charge in [0, 0.05) is 23.4 Å². The van der Waals surface area contributed by atoms with Crippen molar-refractivity contribution in [3.8, 4) is 28.5 Å². The van der Waals surface area contributed by atoms with Crippen molar-refractivity contribution in [1.29, 1.82) is 0 Å². The van der Waals surface area contributed by atoms with E-state index in [-0.39, 0.29) is 11.6 Å². The predicted molar refractivity (Wildman–Crippen MR) is 134 cm³/mol. The summed E-state index contributed by atoms with van der Waals surface area (Å²) >= 11 is 0. The molecule has 9 nitrogen and oxygen atoms in total. The van der Waals surface area contributed by atoms with Crippen LogP contribution in [0.25, 0.3) is 40.0 Å². The van der Waals surface area contributed by atoms with Crippen molar-refractivity contribution in [3.63, 3.8) is 0 Å². The van der Waals surface area contributed by atoms with Crippen LogP contribution in [-0.2, 0) is 4.79 Å². The number of benzene rings is 3. The zero-order chi connectivity index (χ0) is 25.1. The maximum Gasteiger partial charge on any atom is 0.280 e. The van der Waals surface area contributed by atoms with Crippen molar-refractivity contribution in [2.75, 3.05) is 12.4 Å². The number of oxazole rings is 1. The molecule has 5 rings (SSSR count). The van der Waals surface area contributed by atoms with Crippen LogP contribution >= 0.6 is 0 Å². The van der Waals surface area contributed by atoms with Crippen molar-refractivity contribution < 1.29 is 23.3 Å². The first-order chi connectivity index (χ1) is 17.5. The molecule has 0 saturated heterocycles. The van der Waals surface area contributed by atoms with Gasteiger partial charge in [-0.25, -0.2) is 4.98 Å². The van der Waals surface area contributed by atoms with Crippen LogP contribution in [0.5, 0.6) is 5.75 Å². The van der Waals surface area contributed by atoms with Crippen molar-refractivity contribution >= 4 is 34.5 Å². The smallest absolute Gasteiger partial charge is 0.280 e. The van der Waals surface area contributed by atoms with Crippen LogP contribution in [0.15, 0.2) is 93.8 Å². The number of anilines is 1. The Hall–Kier alpha value is -5.18. The monoisotopic (exact) mass is 481 g/mol. The second kappa shape index (κ2) is 9.59. The number of para-hydroxylation sites is 1. The van der Waals surface area contributed by atoms with Gasteiger partial charge in [0.15, 0.2) is 5.58 Å². The lowest BCUT2D eigenvalue weighted by atomic mass is 10.1. The number of furan rings is 1. The molecule has 0 aliphatic heterocycles. The molecular weight excluding hydrogens is 462 g/mol. The molecule has 2 aromatic heterocycles. The van der Waals surface area contributed by atoms with Gasteiger partial charge in [-0.05, 0) is 60.7 Å². The Morgan fingerprint density at radius 2 is 1.89 bits per heavy atom. The third-order valence-electron chi connectivity index (χ3n) is 5.36. The SMILES string of the molecule is COc1cccc(-c2nc3cc(NC(=O)/C=C/c4ccc(-c5ccccc5[N+](=O)[O-])o4)ccc3o2)c1. The summed E-state index contributed by atoms with van der Waals surface area (Å²) in [5, 5.41) is 14.0. The molecule has 2 heterocycles. The number of hydrogen-bond acceptors (Lipinski definition) is 7. The van der Waals surface area contributed by atoms with Gasteiger partial charge in [0.25, 0.3) is 5.69 Å². The van der Waals surface area contributed by atoms with E-state index in [9.17, 15) is 14.9 Å². The minimum Gasteiger partial charge on any atom is -0.497 e. The summed E-state index contributed by atoms with van der Waals surface area (Å²) in [4.78, 5) is 27.8. The zero-order valence-electron chi connectivity index (χ0n) is 19.0. The summed E-state index contributed by atoms with van der Waals surface area (Å²) in [5.41, 5.74) is 2.80. The Balaban J connectivity index is 1.29. The molecule has 3 aromatic carbocycles. The molecule has 0 aliphatic rings. The van der Waals surface area contributed by atoms with Crippen LogP contribution in [-0.4, -0.2) is 22.9 Å². The lowest BCUT2D eigenvalue weighted by molar-refractivity contribution is -0.384. The molecule has 0 saturated carbocycles. The molecule has 0 radical (unpaired) electrons. The fourth-order valence-electron chi connectivity index (χ4n) is 3.65. The number of methoxy groups -OCH3 is 1. The van der Waals surface area contributed by atoms with E-state index in [4.69, 9.17) is 13.6 Å². The van der Waals surface area contributed by atoms with Crippen LogP contribution < -0.4 is 10.1 Å². The lowest BCUT2D eigenvalue weighted by Gasteiger charge is -2.01. The molecule has 36 heavy (non-hydrogen) atoms. The van der Waals surface area contributed by atoms with Crippen LogP contribution in [0.4, 0.5) is 11.4 Å². The number of nitro groups is 1. The van der Waals surface area contributed by atoms with E-state index < -0.39 is 4.92 Å². The first kappa shape index (κ1) is 22.6. The number of nitrogens with one attached hydrogen (secondary N) is 1. The second-order valence-electron chi connectivity index (χ2n) is 7.73. The van der Waals surface area contributed by atoms with Crippen LogP contribution in [0.3, 0.4) is 0 Å². The Morgan fingerprint density at radius 3 is 2.72 bits per heavy atom. The Labute approximate surface area is 204 Å². The standard InChI is InChI=1S/C27H19N3O6/c1-34-20-6-4-5-17(15-20)27-29-22-16-18(9-12-25(22)36-27)28-26(31)14-11-19-10-13-24(35-19)21-7-2-3-8-23(21)30(32)33/h2-16H,1H3,(H,28,31)/b14-11+. The zero-order valence-corrected chi connectivity index (χ0v) is 19.0. The van der Waals surface area contributed by atoms with E-state index in [1.807, 2.05) is 24.3 Å². The normalized spacial score (nSPS) is 11.1. The van der Waals surface area contributed by atoms with Gasteiger partial charge < -0.3 is 18.9 Å². The number of amides is 1. The summed E-state index contributed by atoms with van der Waals surface area (Å²) in [6.07, 6.45) is 2.81. The molecule has 1 amide bonds. The number of carbonyl (C=O) groups excluding carboxylic acids is 1. The average Bonchev–Trinajstić information content (AvgIpc) is 3.54. The topological polar surface area (TPSA) is 121 Å². The first-order valence-corrected chi connectivity index (χ1v) is 10.9. The summed E-state index contributed by atoms with van der Waals surface area (Å²) in [7, 11) is 1.59. The van der Waals surface area contributed by atoms with Gasteiger partial charge in [0.05, 0.1) is 17.6 Å². The minimum absolute atomic E-state index is 0.0575. The predicted octanol–water partition coefficient (Wildman–Crippen LogP) is 6.32. The number of nitrogens with zero attached hydrogens (tertiary/aromatic N) is 2. The summed E-state index contributed by atoms with van der Waals surface area (Å²) < 4.78 is 16.8. The summed E-state index contributed by atoms with van der Waals surface area (Å²) in [6, 6.07) is 22.1. The van der Waals surface area contributed by atoms with E-state index in [2.05, 4.69) is 10.3 Å². The van der Waals surface area contributed by atoms with E-state index in [1.54, 1.807) is 55.6 Å². The maximum atomic E-state index is 12.5. The molecule has 178 valence electrons. The first-order valence-electron chi connectivity index (χ1n) is 10.9. The highest BCUT2D eigenvalue weighted by atomic mass is 16.6. The fourth-order valence-corrected chi connectivity index (χ4v) is 3.65. The summed E-state index contributed by atoms with van der Waals surface area (Å²) in [5.74, 6) is 1.48. The van der Waals surface area contributed by atoms with E-state index in [0.29, 0.717) is 45.5 Å². The molecule has 0 spiro atoms. The van der Waals surface area contributed by atoms with Gasteiger partial charge in [-0.3, -0.25) is 14.9 Å². The number of aromatic nitrogens is 1. The van der Waals surface area contributed by atoms with E-state index in [1.165, 1.54) is 18.2 Å². The Kier molecular flexibility index (Phi) is 6.02. The summed E-state index contributed by atoms with van der Waals surface area (Å²) in [6.45, 7) is 0. The second-order valence-corrected chi connectivity index (χ2v) is 7.73. The van der Waals surface area contributed by atoms with Crippen molar-refractivity contribution in [2.24, 2.45) is 0 Å².